The van der Waals surface area contributed by atoms with Crippen LogP contribution in [0, 0.1) is 12.3 Å². The van der Waals surface area contributed by atoms with E-state index in [1.54, 1.807) is 0 Å². The molecule has 1 unspecified atom stereocenters. The van der Waals surface area contributed by atoms with E-state index in [0.717, 1.165) is 28.4 Å². The number of alkyl halides is 5. The molecule has 5 rings (SSSR count). The van der Waals surface area contributed by atoms with Crippen LogP contribution in [0.1, 0.15) is 49.7 Å². The minimum absolute atomic E-state index is 0.0681. The van der Waals surface area contributed by atoms with E-state index in [-0.39, 0.29) is 25.3 Å². The highest BCUT2D eigenvalue weighted by molar-refractivity contribution is 8.00. The van der Waals surface area contributed by atoms with Crippen molar-refractivity contribution in [1.82, 2.24) is 14.9 Å². The molecule has 3 fully saturated rings. The molecule has 3 heterocycles. The molecule has 3 aliphatic rings. The molecule has 6 nitrogen and oxygen atoms in total. The van der Waals surface area contributed by atoms with E-state index in [0.29, 0.717) is 22.5 Å². The van der Waals surface area contributed by atoms with E-state index in [9.17, 15) is 27.1 Å². The van der Waals surface area contributed by atoms with Crippen LogP contribution in [-0.4, -0.2) is 70.5 Å². The van der Waals surface area contributed by atoms with E-state index in [1.165, 1.54) is 25.7 Å². The van der Waals surface area contributed by atoms with Gasteiger partial charge in [-0.3, -0.25) is 0 Å². The summed E-state index contributed by atoms with van der Waals surface area (Å²) in [6.45, 7) is 3.65. The third-order valence-electron chi connectivity index (χ3n) is 8.40. The van der Waals surface area contributed by atoms with E-state index < -0.39 is 36.1 Å². The number of rotatable bonds is 6. The van der Waals surface area contributed by atoms with Gasteiger partial charge in [-0.1, -0.05) is 0 Å². The van der Waals surface area contributed by atoms with Gasteiger partial charge < -0.3 is 20.2 Å². The van der Waals surface area contributed by atoms with Gasteiger partial charge in [-0.25, -0.2) is 13.8 Å². The number of benzene rings is 1. The highest BCUT2D eigenvalue weighted by atomic mass is 32.2. The third-order valence-corrected chi connectivity index (χ3v) is 9.59. The monoisotopic (exact) mass is 571 g/mol. The SMILES string of the molecule is Cc1cc(SC2CC3(CCN(C)CC3)C2)ccc1Nc1ncc(C(F)(F)F)c(N2CCCC(O)(C(F)F)C2)n1. The molecule has 1 aliphatic carbocycles. The van der Waals surface area contributed by atoms with Gasteiger partial charge in [0, 0.05) is 28.6 Å². The number of halogens is 5. The summed E-state index contributed by atoms with van der Waals surface area (Å²) in [5.41, 5.74) is -1.48. The fraction of sp³-hybridized carbons (Fsp3) is 0.630. The van der Waals surface area contributed by atoms with Crippen LogP contribution in [0.4, 0.5) is 39.4 Å². The smallest absolute Gasteiger partial charge is 0.382 e. The van der Waals surface area contributed by atoms with Gasteiger partial charge in [-0.15, -0.1) is 11.8 Å². The van der Waals surface area contributed by atoms with Gasteiger partial charge in [0.1, 0.15) is 17.0 Å². The topological polar surface area (TPSA) is 64.5 Å². The number of hydrogen-bond donors (Lipinski definition) is 2. The van der Waals surface area contributed by atoms with Crippen molar-refractivity contribution in [3.8, 4) is 0 Å². The first kappa shape index (κ1) is 28.4. The number of piperidine rings is 2. The Morgan fingerprint density at radius 2 is 1.85 bits per heavy atom. The summed E-state index contributed by atoms with van der Waals surface area (Å²) in [5, 5.41) is 13.9. The predicted octanol–water partition coefficient (Wildman–Crippen LogP) is 6.11. The largest absolute Gasteiger partial charge is 0.421 e. The molecule has 1 aromatic carbocycles. The zero-order valence-corrected chi connectivity index (χ0v) is 22.9. The van der Waals surface area contributed by atoms with E-state index in [2.05, 4.69) is 27.2 Å². The van der Waals surface area contributed by atoms with Gasteiger partial charge in [0.05, 0.1) is 6.54 Å². The van der Waals surface area contributed by atoms with Crippen LogP contribution in [0.25, 0.3) is 0 Å². The Labute approximate surface area is 229 Å². The van der Waals surface area contributed by atoms with Crippen molar-refractivity contribution in [2.75, 3.05) is 43.4 Å². The summed E-state index contributed by atoms with van der Waals surface area (Å²) in [6, 6.07) is 5.89. The fourth-order valence-electron chi connectivity index (χ4n) is 5.95. The Balaban J connectivity index is 1.29. The predicted molar refractivity (Wildman–Crippen MR) is 142 cm³/mol. The molecule has 0 bridgehead atoms. The number of aliphatic hydroxyl groups is 1. The van der Waals surface area contributed by atoms with Crippen molar-refractivity contribution in [1.29, 1.82) is 0 Å². The first-order valence-corrected chi connectivity index (χ1v) is 14.2. The molecular formula is C27H34F5N5OS. The van der Waals surface area contributed by atoms with Crippen molar-refractivity contribution in [2.45, 2.75) is 73.8 Å². The van der Waals surface area contributed by atoms with Crippen LogP contribution in [0.2, 0.25) is 0 Å². The first-order chi connectivity index (χ1) is 18.4. The molecule has 2 aromatic rings. The number of nitrogens with one attached hydrogen (secondary N) is 1. The molecule has 2 aliphatic heterocycles. The highest BCUT2D eigenvalue weighted by Gasteiger charge is 2.46. The zero-order valence-electron chi connectivity index (χ0n) is 22.1. The van der Waals surface area contributed by atoms with Crippen LogP contribution in [0.15, 0.2) is 29.3 Å². The van der Waals surface area contributed by atoms with Crippen LogP contribution in [0.3, 0.4) is 0 Å². The van der Waals surface area contributed by atoms with Crippen LogP contribution in [-0.2, 0) is 6.18 Å². The van der Waals surface area contributed by atoms with Crippen LogP contribution in [0.5, 0.6) is 0 Å². The maximum absolute atomic E-state index is 13.8. The summed E-state index contributed by atoms with van der Waals surface area (Å²) in [4.78, 5) is 12.6. The Hall–Kier alpha value is -2.18. The molecule has 214 valence electrons. The second kappa shape index (κ2) is 10.7. The first-order valence-electron chi connectivity index (χ1n) is 13.3. The maximum atomic E-state index is 13.8. The lowest BCUT2D eigenvalue weighted by Gasteiger charge is -2.51. The molecule has 39 heavy (non-hydrogen) atoms. The molecule has 2 saturated heterocycles. The summed E-state index contributed by atoms with van der Waals surface area (Å²) in [5.74, 6) is -0.590. The van der Waals surface area contributed by atoms with Crippen LogP contribution >= 0.6 is 11.8 Å². The molecule has 1 atom stereocenters. The van der Waals surface area contributed by atoms with Crippen molar-refractivity contribution >= 4 is 29.2 Å². The lowest BCUT2D eigenvalue weighted by Crippen LogP contribution is -2.53. The molecular weight excluding hydrogens is 537 g/mol. The number of hydrogen-bond acceptors (Lipinski definition) is 7. The van der Waals surface area contributed by atoms with E-state index >= 15 is 0 Å². The number of nitrogens with zero attached hydrogens (tertiary/aromatic N) is 4. The lowest BCUT2D eigenvalue weighted by atomic mass is 9.63. The van der Waals surface area contributed by atoms with Gasteiger partial charge in [0.15, 0.2) is 0 Å². The van der Waals surface area contributed by atoms with Gasteiger partial charge in [-0.2, -0.15) is 18.2 Å². The van der Waals surface area contributed by atoms with Crippen molar-refractivity contribution in [3.63, 3.8) is 0 Å². The minimum Gasteiger partial charge on any atom is -0.382 e. The Morgan fingerprint density at radius 3 is 2.49 bits per heavy atom. The second-order valence-electron chi connectivity index (χ2n) is 11.4. The van der Waals surface area contributed by atoms with Crippen molar-refractivity contribution in [3.05, 3.63) is 35.5 Å². The molecule has 0 radical (unpaired) electrons. The van der Waals surface area contributed by atoms with Gasteiger partial charge >= 0.3 is 6.18 Å². The van der Waals surface area contributed by atoms with E-state index in [1.807, 2.05) is 36.9 Å². The zero-order chi connectivity index (χ0) is 28.0. The number of likely N-dealkylation sites (tertiary alicyclic amines) is 1. The van der Waals surface area contributed by atoms with E-state index in [4.69, 9.17) is 0 Å². The van der Waals surface area contributed by atoms with Gasteiger partial charge in [-0.05, 0) is 94.8 Å². The average Bonchev–Trinajstić information content (AvgIpc) is 2.85. The van der Waals surface area contributed by atoms with Crippen molar-refractivity contribution in [2.24, 2.45) is 5.41 Å². The summed E-state index contributed by atoms with van der Waals surface area (Å²) in [6.07, 6.45) is -2.31. The lowest BCUT2D eigenvalue weighted by molar-refractivity contribution is -0.138. The summed E-state index contributed by atoms with van der Waals surface area (Å²) in [7, 11) is 2.17. The summed E-state index contributed by atoms with van der Waals surface area (Å²) < 4.78 is 68.1. The standard InChI is InChI=1S/C27H34F5N5OS/c1-17-12-18(39-19-13-25(14-19)7-10-36(2)11-8-25)4-5-21(17)34-24-33-15-20(27(30,31)32)22(35-24)37-9-3-6-26(38,16-37)23(28)29/h4-5,12,15,19,23,38H,3,6-11,13-14,16H2,1-2H3,(H,33,34,35). The van der Waals surface area contributed by atoms with Gasteiger partial charge in [0.2, 0.25) is 5.95 Å². The number of thioether (sulfide) groups is 1. The molecule has 1 aromatic heterocycles. The number of aryl methyl sites for hydroxylation is 1. The Bertz CT molecular complexity index is 1180. The molecule has 0 amide bonds. The number of β-amino-alcohol motifs (C(OH)–C–C–N with tert-alkyl or cyclic N) is 1. The molecule has 12 heteroatoms. The van der Waals surface area contributed by atoms with Gasteiger partial charge in [0.25, 0.3) is 6.43 Å². The van der Waals surface area contributed by atoms with Crippen molar-refractivity contribution < 1.29 is 27.1 Å². The van der Waals surface area contributed by atoms with Crippen LogP contribution < -0.4 is 10.2 Å². The average molecular weight is 572 g/mol. The minimum atomic E-state index is -4.78. The highest BCUT2D eigenvalue weighted by Crippen LogP contribution is 2.54. The quantitative estimate of drug-likeness (QED) is 0.406. The normalized spacial score (nSPS) is 24.3. The third kappa shape index (κ3) is 6.12. The summed E-state index contributed by atoms with van der Waals surface area (Å²) >= 11 is 1.87. The second-order valence-corrected chi connectivity index (χ2v) is 12.8. The number of anilines is 3. The molecule has 2 N–H and O–H groups in total. The maximum Gasteiger partial charge on any atom is 0.421 e. The molecule has 1 saturated carbocycles. The molecule has 1 spiro atoms. The number of aromatic nitrogens is 2. The Morgan fingerprint density at radius 1 is 1.13 bits per heavy atom. The Kier molecular flexibility index (Phi) is 7.75. The fourth-order valence-corrected chi connectivity index (χ4v) is 7.60.